The largest absolute Gasteiger partial charge is 0.448 e. The number of benzene rings is 3. The highest BCUT2D eigenvalue weighted by molar-refractivity contribution is 5.99. The van der Waals surface area contributed by atoms with E-state index in [2.05, 4.69) is 29.2 Å². The van der Waals surface area contributed by atoms with E-state index in [1.807, 2.05) is 55.5 Å². The molecule has 0 spiro atoms. The molecule has 1 saturated heterocycles. The zero-order valence-corrected chi connectivity index (χ0v) is 28.8. The zero-order valence-electron chi connectivity index (χ0n) is 28.8. The predicted octanol–water partition coefficient (Wildman–Crippen LogP) is 7.91. The zero-order chi connectivity index (χ0) is 35.0. The number of rotatable bonds is 7. The molecular formula is C40H41N5O5. The molecule has 1 atom stereocenters. The second kappa shape index (κ2) is 13.4. The lowest BCUT2D eigenvalue weighted by Crippen LogP contribution is -2.47. The molecule has 10 heteroatoms. The summed E-state index contributed by atoms with van der Waals surface area (Å²) in [7, 11) is 0. The number of aromatic nitrogens is 3. The van der Waals surface area contributed by atoms with Gasteiger partial charge in [0.15, 0.2) is 17.2 Å². The van der Waals surface area contributed by atoms with Crippen molar-refractivity contribution in [3.05, 3.63) is 102 Å². The van der Waals surface area contributed by atoms with Crippen LogP contribution < -0.4 is 4.90 Å². The van der Waals surface area contributed by atoms with E-state index in [0.29, 0.717) is 36.2 Å². The summed E-state index contributed by atoms with van der Waals surface area (Å²) in [4.78, 5) is 57.1. The minimum Gasteiger partial charge on any atom is -0.448 e. The minimum atomic E-state index is -0.820. The first-order valence-corrected chi connectivity index (χ1v) is 17.1. The van der Waals surface area contributed by atoms with Crippen molar-refractivity contribution in [2.75, 3.05) is 31.1 Å². The molecule has 0 bridgehead atoms. The maximum absolute atomic E-state index is 14.1. The van der Waals surface area contributed by atoms with Crippen LogP contribution in [0.3, 0.4) is 0 Å². The van der Waals surface area contributed by atoms with Gasteiger partial charge in [0, 0.05) is 36.7 Å². The second-order valence-corrected chi connectivity index (χ2v) is 14.1. The van der Waals surface area contributed by atoms with Crippen LogP contribution in [0.25, 0.3) is 33.5 Å². The highest BCUT2D eigenvalue weighted by Gasteiger charge is 2.36. The summed E-state index contributed by atoms with van der Waals surface area (Å²) in [6.07, 6.45) is 1.81. The monoisotopic (exact) mass is 671 g/mol. The number of nitrogens with zero attached hydrogens (tertiary/aromatic N) is 4. The number of hydrogen-bond acceptors (Lipinski definition) is 7. The standard InChI is InChI=1S/C40H41N5O5/c1-25-11-9-12-26(21-25)35-37(42-33-18-19-41-36(33)43-35)45(39(48)50-40(2,3)4)23-34(46)27-13-10-20-44(22-27)38(47)49-24-32-30-16-7-5-14-28(30)29-15-6-8-17-31(29)32/h5-9,11-12,14-19,21,27,32H,10,13,20,22-24H2,1-4H3,(H,41,43)/t27-/m1/s1. The van der Waals surface area contributed by atoms with Crippen molar-refractivity contribution >= 4 is 35.0 Å². The molecule has 2 aromatic heterocycles. The molecule has 3 heterocycles. The van der Waals surface area contributed by atoms with Gasteiger partial charge in [0.1, 0.15) is 23.4 Å². The van der Waals surface area contributed by atoms with Crippen LogP contribution in [-0.2, 0) is 14.3 Å². The molecule has 0 saturated carbocycles. The van der Waals surface area contributed by atoms with Crippen LogP contribution in [0.4, 0.5) is 15.4 Å². The molecule has 0 radical (unpaired) electrons. The van der Waals surface area contributed by atoms with Gasteiger partial charge in [-0.15, -0.1) is 0 Å². The Morgan fingerprint density at radius 2 is 1.66 bits per heavy atom. The van der Waals surface area contributed by atoms with E-state index >= 15 is 0 Å². The molecule has 7 rings (SSSR count). The Hall–Kier alpha value is -5.51. The van der Waals surface area contributed by atoms with Gasteiger partial charge < -0.3 is 19.4 Å². The summed E-state index contributed by atoms with van der Waals surface area (Å²) in [6, 6.07) is 26.0. The smallest absolute Gasteiger partial charge is 0.416 e. The lowest BCUT2D eigenvalue weighted by Gasteiger charge is -2.33. The maximum Gasteiger partial charge on any atom is 0.416 e. The first-order valence-electron chi connectivity index (χ1n) is 17.1. The Morgan fingerprint density at radius 3 is 2.36 bits per heavy atom. The van der Waals surface area contributed by atoms with Crippen LogP contribution in [0.5, 0.6) is 0 Å². The van der Waals surface area contributed by atoms with E-state index < -0.39 is 23.7 Å². The van der Waals surface area contributed by atoms with Crippen molar-refractivity contribution < 1.29 is 23.9 Å². The van der Waals surface area contributed by atoms with Crippen molar-refractivity contribution in [1.82, 2.24) is 19.9 Å². The van der Waals surface area contributed by atoms with E-state index in [-0.39, 0.29) is 37.2 Å². The van der Waals surface area contributed by atoms with E-state index in [1.165, 1.54) is 4.90 Å². The number of ketones is 1. The Bertz CT molecular complexity index is 2040. The van der Waals surface area contributed by atoms with Gasteiger partial charge in [0.2, 0.25) is 0 Å². The summed E-state index contributed by atoms with van der Waals surface area (Å²) in [6.45, 7) is 7.92. The summed E-state index contributed by atoms with van der Waals surface area (Å²) in [5, 5.41) is 0. The number of H-pyrrole nitrogens is 1. The predicted molar refractivity (Wildman–Crippen MR) is 192 cm³/mol. The molecule has 1 N–H and O–H groups in total. The Morgan fingerprint density at radius 1 is 0.940 bits per heavy atom. The lowest BCUT2D eigenvalue weighted by molar-refractivity contribution is -0.123. The molecule has 1 fully saturated rings. The number of carbonyl (C=O) groups is 3. The molecule has 50 heavy (non-hydrogen) atoms. The number of amides is 2. The average Bonchev–Trinajstić information content (AvgIpc) is 3.70. The van der Waals surface area contributed by atoms with Gasteiger partial charge in [-0.3, -0.25) is 9.69 Å². The third-order valence-corrected chi connectivity index (χ3v) is 9.31. The molecule has 1 aliphatic carbocycles. The lowest BCUT2D eigenvalue weighted by atomic mass is 9.93. The molecule has 3 aromatic carbocycles. The Kier molecular flexibility index (Phi) is 8.86. The number of ether oxygens (including phenoxy) is 2. The van der Waals surface area contributed by atoms with Crippen molar-refractivity contribution in [2.45, 2.75) is 52.1 Å². The quantitative estimate of drug-likeness (QED) is 0.187. The molecule has 5 aromatic rings. The number of aryl methyl sites for hydroxylation is 1. The average molecular weight is 672 g/mol. The van der Waals surface area contributed by atoms with Gasteiger partial charge in [-0.25, -0.2) is 19.6 Å². The minimum absolute atomic E-state index is 0.0583. The number of fused-ring (bicyclic) bond motifs is 4. The SMILES string of the molecule is Cc1cccc(-c2nc3[nH]ccc3nc2N(CC(=O)[C@@H]2CCCN(C(=O)OCC3c4ccccc4-c4ccccc43)C2)C(=O)OC(C)(C)C)c1. The second-order valence-electron chi connectivity index (χ2n) is 14.1. The third-order valence-electron chi connectivity index (χ3n) is 9.31. The van der Waals surface area contributed by atoms with Crippen molar-refractivity contribution in [3.8, 4) is 22.4 Å². The molecular weight excluding hydrogens is 630 g/mol. The van der Waals surface area contributed by atoms with Crippen LogP contribution in [0, 0.1) is 12.8 Å². The topological polar surface area (TPSA) is 118 Å². The van der Waals surface area contributed by atoms with Gasteiger partial charge in [-0.2, -0.15) is 0 Å². The van der Waals surface area contributed by atoms with Crippen molar-refractivity contribution in [3.63, 3.8) is 0 Å². The van der Waals surface area contributed by atoms with Crippen LogP contribution in [-0.4, -0.2) is 69.7 Å². The van der Waals surface area contributed by atoms with Gasteiger partial charge in [0.05, 0.1) is 6.54 Å². The molecule has 10 nitrogen and oxygen atoms in total. The summed E-state index contributed by atoms with van der Waals surface area (Å²) >= 11 is 0. The fraction of sp³-hybridized carbons (Fsp3) is 0.325. The number of Topliss-reactive ketones (excluding diaryl/α,β-unsaturated/α-hetero) is 1. The summed E-state index contributed by atoms with van der Waals surface area (Å²) in [5.74, 6) is -0.523. The maximum atomic E-state index is 14.1. The number of anilines is 1. The highest BCUT2D eigenvalue weighted by atomic mass is 16.6. The normalized spacial score (nSPS) is 15.8. The van der Waals surface area contributed by atoms with Crippen LogP contribution in [0.15, 0.2) is 85.1 Å². The number of carbonyl (C=O) groups excluding carboxylic acids is 3. The van der Waals surface area contributed by atoms with Crippen LogP contribution >= 0.6 is 0 Å². The number of likely N-dealkylation sites (tertiary alicyclic amines) is 1. The number of nitrogens with one attached hydrogen (secondary N) is 1. The fourth-order valence-corrected chi connectivity index (χ4v) is 6.95. The molecule has 2 aliphatic rings. The van der Waals surface area contributed by atoms with Gasteiger partial charge >= 0.3 is 12.2 Å². The third kappa shape index (κ3) is 6.70. The van der Waals surface area contributed by atoms with E-state index in [1.54, 1.807) is 37.9 Å². The van der Waals surface area contributed by atoms with Crippen LogP contribution in [0.2, 0.25) is 0 Å². The van der Waals surface area contributed by atoms with E-state index in [4.69, 9.17) is 19.4 Å². The van der Waals surface area contributed by atoms with E-state index in [9.17, 15) is 14.4 Å². The summed E-state index contributed by atoms with van der Waals surface area (Å²) < 4.78 is 11.7. The van der Waals surface area contributed by atoms with Crippen molar-refractivity contribution in [2.24, 2.45) is 5.92 Å². The molecule has 1 aliphatic heterocycles. The van der Waals surface area contributed by atoms with Gasteiger partial charge in [0.25, 0.3) is 0 Å². The first kappa shape index (κ1) is 33.0. The Balaban J connectivity index is 1.11. The molecule has 2 amide bonds. The highest BCUT2D eigenvalue weighted by Crippen LogP contribution is 2.44. The molecule has 256 valence electrons. The van der Waals surface area contributed by atoms with E-state index in [0.717, 1.165) is 33.4 Å². The Labute approximate surface area is 291 Å². The molecule has 0 unspecified atom stereocenters. The fourth-order valence-electron chi connectivity index (χ4n) is 6.95. The number of aromatic amines is 1. The van der Waals surface area contributed by atoms with Gasteiger partial charge in [-0.05, 0) is 74.9 Å². The number of piperidine rings is 1. The van der Waals surface area contributed by atoms with Crippen molar-refractivity contribution in [1.29, 1.82) is 0 Å². The number of hydrogen-bond donors (Lipinski definition) is 1. The van der Waals surface area contributed by atoms with Gasteiger partial charge in [-0.1, -0.05) is 72.3 Å². The first-order chi connectivity index (χ1) is 24.1. The van der Waals surface area contributed by atoms with Crippen LogP contribution in [0.1, 0.15) is 56.2 Å². The summed E-state index contributed by atoms with van der Waals surface area (Å²) in [5.41, 5.74) is 7.11.